The molecule has 1 amide bonds. The minimum Gasteiger partial charge on any atom is -0.463 e. The quantitative estimate of drug-likeness (QED) is 0.614. The van der Waals surface area contributed by atoms with Crippen LogP contribution in [-0.2, 0) is 18.7 Å². The van der Waals surface area contributed by atoms with E-state index in [0.717, 1.165) is 0 Å². The molecule has 0 aromatic rings. The highest BCUT2D eigenvalue weighted by atomic mass is 28.4. The zero-order valence-corrected chi connectivity index (χ0v) is 17.3. The summed E-state index contributed by atoms with van der Waals surface area (Å²) in [7, 11) is -1.91. The third-order valence-corrected chi connectivity index (χ3v) is 9.09. The lowest BCUT2D eigenvalue weighted by molar-refractivity contribution is -0.151. The molecule has 2 unspecified atom stereocenters. The van der Waals surface area contributed by atoms with E-state index in [2.05, 4.69) is 39.2 Å². The fourth-order valence-electron chi connectivity index (χ4n) is 2.06. The van der Waals surface area contributed by atoms with E-state index in [4.69, 9.17) is 13.9 Å². The molecule has 1 saturated heterocycles. The first-order valence-electron chi connectivity index (χ1n) is 8.50. The first kappa shape index (κ1) is 21.0. The van der Waals surface area contributed by atoms with Crippen LogP contribution in [0.5, 0.6) is 0 Å². The second-order valence-electron chi connectivity index (χ2n) is 8.97. The van der Waals surface area contributed by atoms with E-state index in [0.29, 0.717) is 6.61 Å². The number of alkyl carbamates (subject to hydrolysis) is 1. The monoisotopic (exact) mass is 359 g/mol. The average molecular weight is 360 g/mol. The predicted octanol–water partition coefficient (Wildman–Crippen LogP) is 3.46. The van der Waals surface area contributed by atoms with Gasteiger partial charge in [0.05, 0.1) is 12.5 Å². The number of nitrogens with one attached hydrogen (secondary N) is 1. The molecule has 1 fully saturated rings. The molecule has 2 atom stereocenters. The van der Waals surface area contributed by atoms with Crippen molar-refractivity contribution in [3.8, 4) is 0 Å². The van der Waals surface area contributed by atoms with Crippen molar-refractivity contribution in [3.05, 3.63) is 0 Å². The lowest BCUT2D eigenvalue weighted by atomic mass is 9.95. The van der Waals surface area contributed by atoms with Gasteiger partial charge in [0.25, 0.3) is 0 Å². The van der Waals surface area contributed by atoms with Crippen molar-refractivity contribution in [2.45, 2.75) is 77.7 Å². The van der Waals surface area contributed by atoms with Crippen LogP contribution in [0.2, 0.25) is 18.1 Å². The lowest BCUT2D eigenvalue weighted by Crippen LogP contribution is -2.52. The van der Waals surface area contributed by atoms with Crippen LogP contribution in [0.4, 0.5) is 4.79 Å². The van der Waals surface area contributed by atoms with E-state index in [1.54, 1.807) is 0 Å². The van der Waals surface area contributed by atoms with Gasteiger partial charge >= 0.3 is 12.1 Å². The van der Waals surface area contributed by atoms with Crippen LogP contribution < -0.4 is 5.32 Å². The second kappa shape index (κ2) is 7.43. The molecule has 0 aromatic heterocycles. The zero-order valence-electron chi connectivity index (χ0n) is 16.3. The summed E-state index contributed by atoms with van der Waals surface area (Å²) < 4.78 is 16.6. The smallest absolute Gasteiger partial charge is 0.408 e. The van der Waals surface area contributed by atoms with Crippen molar-refractivity contribution in [3.63, 3.8) is 0 Å². The molecule has 0 radical (unpaired) electrons. The van der Waals surface area contributed by atoms with Crippen molar-refractivity contribution >= 4 is 20.4 Å². The maximum atomic E-state index is 12.0. The molecule has 1 N–H and O–H groups in total. The summed E-state index contributed by atoms with van der Waals surface area (Å²) in [5.74, 6) is -0.353. The highest BCUT2D eigenvalue weighted by Gasteiger charge is 2.40. The summed E-state index contributed by atoms with van der Waals surface area (Å²) in [6.07, 6.45) is -0.252. The van der Waals surface area contributed by atoms with Gasteiger partial charge in [-0.15, -0.1) is 0 Å². The van der Waals surface area contributed by atoms with Crippen LogP contribution in [0.1, 0.15) is 48.0 Å². The summed E-state index contributed by atoms with van der Waals surface area (Å²) >= 11 is 0. The molecule has 0 saturated carbocycles. The Bertz CT molecular complexity index is 465. The molecule has 1 heterocycles. The van der Waals surface area contributed by atoms with Crippen molar-refractivity contribution in [2.75, 3.05) is 13.2 Å². The molecule has 7 heteroatoms. The Morgan fingerprint density at radius 2 is 1.83 bits per heavy atom. The predicted molar refractivity (Wildman–Crippen MR) is 95.4 cm³/mol. The Morgan fingerprint density at radius 3 is 2.33 bits per heavy atom. The first-order chi connectivity index (χ1) is 10.7. The highest BCUT2D eigenvalue weighted by molar-refractivity contribution is 6.74. The lowest BCUT2D eigenvalue weighted by Gasteiger charge is -2.39. The van der Waals surface area contributed by atoms with Gasteiger partial charge in [-0.25, -0.2) is 4.79 Å². The molecule has 140 valence electrons. The Labute approximate surface area is 146 Å². The SMILES string of the molecule is CC(C)(C)OC(=O)NC1COC(=O)CC1CO[Si](C)(C)C(C)(C)C. The minimum atomic E-state index is -1.91. The normalized spacial score (nSPS) is 22.8. The Balaban J connectivity index is 2.70. The Morgan fingerprint density at radius 1 is 1.25 bits per heavy atom. The summed E-state index contributed by atoms with van der Waals surface area (Å²) in [5.41, 5.74) is -0.567. The third kappa shape index (κ3) is 6.43. The van der Waals surface area contributed by atoms with Gasteiger partial charge in [-0.3, -0.25) is 4.79 Å². The Hall–Kier alpha value is -1.08. The molecule has 0 spiro atoms. The van der Waals surface area contributed by atoms with Crippen LogP contribution in [0.15, 0.2) is 0 Å². The molecule has 1 rings (SSSR count). The van der Waals surface area contributed by atoms with Crippen molar-refractivity contribution in [1.82, 2.24) is 5.32 Å². The third-order valence-electron chi connectivity index (χ3n) is 4.59. The number of rotatable bonds is 4. The van der Waals surface area contributed by atoms with Gasteiger partial charge in [-0.2, -0.15) is 0 Å². The van der Waals surface area contributed by atoms with Crippen LogP contribution in [0.25, 0.3) is 0 Å². The van der Waals surface area contributed by atoms with E-state index in [9.17, 15) is 9.59 Å². The van der Waals surface area contributed by atoms with E-state index < -0.39 is 20.0 Å². The average Bonchev–Trinajstić information content (AvgIpc) is 2.35. The standard InChI is InChI=1S/C17H33NO5Si/c1-16(2,3)23-15(20)18-13-11-21-14(19)9-12(13)10-22-24(7,8)17(4,5)6/h12-13H,9-11H2,1-8H3,(H,18,20). The van der Waals surface area contributed by atoms with Crippen LogP contribution in [-0.4, -0.2) is 45.2 Å². The minimum absolute atomic E-state index is 0.0935. The summed E-state index contributed by atoms with van der Waals surface area (Å²) in [6, 6.07) is -0.290. The largest absolute Gasteiger partial charge is 0.463 e. The Kier molecular flexibility index (Phi) is 6.49. The van der Waals surface area contributed by atoms with Crippen molar-refractivity contribution < 1.29 is 23.5 Å². The number of amides is 1. The van der Waals surface area contributed by atoms with Gasteiger partial charge in [0.2, 0.25) is 0 Å². The molecule has 1 aliphatic heterocycles. The van der Waals surface area contributed by atoms with E-state index in [1.165, 1.54) is 0 Å². The van der Waals surface area contributed by atoms with E-state index >= 15 is 0 Å². The van der Waals surface area contributed by atoms with Gasteiger partial charge in [0.15, 0.2) is 8.32 Å². The summed E-state index contributed by atoms with van der Waals surface area (Å²) in [4.78, 5) is 23.7. The van der Waals surface area contributed by atoms with Crippen LogP contribution >= 0.6 is 0 Å². The maximum absolute atomic E-state index is 12.0. The van der Waals surface area contributed by atoms with Crippen molar-refractivity contribution in [2.24, 2.45) is 5.92 Å². The van der Waals surface area contributed by atoms with Crippen LogP contribution in [0, 0.1) is 5.92 Å². The topological polar surface area (TPSA) is 73.9 Å². The molecule has 0 aliphatic carbocycles. The number of carbonyl (C=O) groups is 2. The van der Waals surface area contributed by atoms with Gasteiger partial charge in [-0.05, 0) is 38.9 Å². The van der Waals surface area contributed by atoms with Gasteiger partial charge in [-0.1, -0.05) is 20.8 Å². The number of carbonyl (C=O) groups excluding carboxylic acids is 2. The highest BCUT2D eigenvalue weighted by Crippen LogP contribution is 2.37. The fraction of sp³-hybridized carbons (Fsp3) is 0.882. The number of cyclic esters (lactones) is 1. The summed E-state index contributed by atoms with van der Waals surface area (Å²) in [6.45, 7) is 16.9. The number of hydrogen-bond donors (Lipinski definition) is 1. The molecule has 1 aliphatic rings. The molecule has 6 nitrogen and oxygen atoms in total. The van der Waals surface area contributed by atoms with Crippen LogP contribution in [0.3, 0.4) is 0 Å². The molecular formula is C17H33NO5Si. The molecule has 0 bridgehead atoms. The maximum Gasteiger partial charge on any atom is 0.408 e. The fourth-order valence-corrected chi connectivity index (χ4v) is 3.12. The molecule has 24 heavy (non-hydrogen) atoms. The molecule has 0 aromatic carbocycles. The van der Waals surface area contributed by atoms with E-state index in [1.807, 2.05) is 20.8 Å². The van der Waals surface area contributed by atoms with E-state index in [-0.39, 0.29) is 36.0 Å². The van der Waals surface area contributed by atoms with Crippen molar-refractivity contribution in [1.29, 1.82) is 0 Å². The first-order valence-corrected chi connectivity index (χ1v) is 11.4. The number of hydrogen-bond acceptors (Lipinski definition) is 5. The number of ether oxygens (including phenoxy) is 2. The summed E-state index contributed by atoms with van der Waals surface area (Å²) in [5, 5.41) is 2.91. The van der Waals surface area contributed by atoms with Gasteiger partial charge in [0, 0.05) is 12.5 Å². The number of esters is 1. The second-order valence-corrected chi connectivity index (χ2v) is 13.8. The van der Waals surface area contributed by atoms with Gasteiger partial charge < -0.3 is 19.2 Å². The van der Waals surface area contributed by atoms with Gasteiger partial charge in [0.1, 0.15) is 12.2 Å². The zero-order chi connectivity index (χ0) is 18.8. The molecular weight excluding hydrogens is 326 g/mol.